The van der Waals surface area contributed by atoms with Gasteiger partial charge in [0.1, 0.15) is 0 Å². The van der Waals surface area contributed by atoms with Crippen molar-refractivity contribution in [3.63, 3.8) is 0 Å². The van der Waals surface area contributed by atoms with E-state index in [4.69, 9.17) is 8.83 Å². The number of nitrogens with zero attached hydrogens (tertiary/aromatic N) is 3. The van der Waals surface area contributed by atoms with Gasteiger partial charge >= 0.3 is 0 Å². The number of hydrogen-bond donors (Lipinski definition) is 0. The predicted molar refractivity (Wildman–Crippen MR) is 130 cm³/mol. The van der Waals surface area contributed by atoms with Gasteiger partial charge in [-0.2, -0.15) is 0 Å². The summed E-state index contributed by atoms with van der Waals surface area (Å²) in [5.41, 5.74) is 3.11. The summed E-state index contributed by atoms with van der Waals surface area (Å²) in [6.45, 7) is 2.31. The number of piperidine rings is 1. The Hall–Kier alpha value is -3.07. The second kappa shape index (κ2) is 8.70. The second-order valence-corrected chi connectivity index (χ2v) is 10.1. The topological polar surface area (TPSA) is 72.4 Å². The van der Waals surface area contributed by atoms with E-state index in [-0.39, 0.29) is 5.78 Å². The van der Waals surface area contributed by atoms with Crippen LogP contribution in [0.5, 0.6) is 0 Å². The first-order valence-corrected chi connectivity index (χ1v) is 12.6. The maximum atomic E-state index is 13.4. The molecule has 1 aliphatic heterocycles. The molecule has 0 bridgehead atoms. The summed E-state index contributed by atoms with van der Waals surface area (Å²) in [6.07, 6.45) is 9.69. The summed E-state index contributed by atoms with van der Waals surface area (Å²) in [6, 6.07) is 7.49. The Kier molecular flexibility index (Phi) is 5.41. The number of likely N-dealkylation sites (tertiary alicyclic amines) is 1. The average Bonchev–Trinajstić information content (AvgIpc) is 3.36. The molecule has 4 aromatic rings. The van der Waals surface area contributed by atoms with Gasteiger partial charge in [-0.15, -0.1) is 22.7 Å². The van der Waals surface area contributed by atoms with E-state index in [0.29, 0.717) is 13.1 Å². The van der Waals surface area contributed by atoms with Crippen molar-refractivity contribution in [3.8, 4) is 21.5 Å². The number of carbonyl (C=O) groups is 1. The molecule has 6 rings (SSSR count). The third-order valence-corrected chi connectivity index (χ3v) is 7.49. The normalized spacial score (nSPS) is 19.7. The van der Waals surface area contributed by atoms with Crippen molar-refractivity contribution >= 4 is 40.6 Å². The summed E-state index contributed by atoms with van der Waals surface area (Å²) >= 11 is 3.03. The SMILES string of the molecule is O=C1/C(=C\c2csc(-c3ccco3)n2)CN(CC2CC2)C/C1=C\c1csc(-c2ccco2)n1. The molecular weight excluding hydrogens is 454 g/mol. The minimum Gasteiger partial charge on any atom is -0.462 e. The highest BCUT2D eigenvalue weighted by Crippen LogP contribution is 2.33. The fourth-order valence-corrected chi connectivity index (χ4v) is 5.48. The Balaban J connectivity index is 1.29. The third kappa shape index (κ3) is 4.55. The van der Waals surface area contributed by atoms with Crippen LogP contribution in [0.1, 0.15) is 24.2 Å². The zero-order valence-corrected chi connectivity index (χ0v) is 19.4. The Morgan fingerprint density at radius 2 is 1.45 bits per heavy atom. The monoisotopic (exact) mass is 475 g/mol. The van der Waals surface area contributed by atoms with Crippen molar-refractivity contribution in [3.05, 3.63) is 70.1 Å². The molecule has 0 unspecified atom stereocenters. The zero-order valence-electron chi connectivity index (χ0n) is 17.8. The molecule has 1 aliphatic carbocycles. The van der Waals surface area contributed by atoms with Crippen LogP contribution in [0.25, 0.3) is 33.7 Å². The first kappa shape index (κ1) is 20.5. The molecule has 2 fully saturated rings. The zero-order chi connectivity index (χ0) is 22.2. The number of rotatable bonds is 6. The number of aromatic nitrogens is 2. The molecule has 0 radical (unpaired) electrons. The van der Waals surface area contributed by atoms with Crippen molar-refractivity contribution in [1.82, 2.24) is 14.9 Å². The maximum absolute atomic E-state index is 13.4. The standard InChI is InChI=1S/C25H21N3O3S2/c29-23-17(9-19-14-32-24(26-19)21-3-1-7-30-21)12-28(11-16-5-6-16)13-18(23)10-20-15-33-25(27-20)22-4-2-8-31-22/h1-4,7-10,14-16H,5-6,11-13H2/b17-9-,18-10+. The Bertz CT molecular complexity index is 1230. The molecule has 0 spiro atoms. The summed E-state index contributed by atoms with van der Waals surface area (Å²) in [5.74, 6) is 2.30. The van der Waals surface area contributed by atoms with Gasteiger partial charge in [-0.05, 0) is 55.2 Å². The summed E-state index contributed by atoms with van der Waals surface area (Å²) in [5, 5.41) is 5.57. The van der Waals surface area contributed by atoms with E-state index in [1.54, 1.807) is 12.5 Å². The third-order valence-electron chi connectivity index (χ3n) is 5.74. The lowest BCUT2D eigenvalue weighted by atomic mass is 9.96. The molecule has 33 heavy (non-hydrogen) atoms. The highest BCUT2D eigenvalue weighted by Gasteiger charge is 2.31. The van der Waals surface area contributed by atoms with Gasteiger partial charge in [0.25, 0.3) is 0 Å². The lowest BCUT2D eigenvalue weighted by molar-refractivity contribution is -0.113. The summed E-state index contributed by atoms with van der Waals surface area (Å²) in [4.78, 5) is 25.1. The Morgan fingerprint density at radius 1 is 0.909 bits per heavy atom. The fraction of sp³-hybridized carbons (Fsp3) is 0.240. The Morgan fingerprint density at radius 3 is 1.91 bits per heavy atom. The minimum absolute atomic E-state index is 0.0714. The van der Waals surface area contributed by atoms with Crippen LogP contribution in [0, 0.1) is 5.92 Å². The van der Waals surface area contributed by atoms with E-state index in [1.807, 2.05) is 47.2 Å². The van der Waals surface area contributed by atoms with Crippen LogP contribution >= 0.6 is 22.7 Å². The molecule has 8 heteroatoms. The average molecular weight is 476 g/mol. The second-order valence-electron chi connectivity index (χ2n) is 8.39. The number of thiazole rings is 2. The molecule has 4 aromatic heterocycles. The number of carbonyl (C=O) groups excluding carboxylic acids is 1. The molecule has 2 aliphatic rings. The number of ketones is 1. The first-order chi connectivity index (χ1) is 16.2. The van der Waals surface area contributed by atoms with Gasteiger partial charge in [-0.1, -0.05) is 0 Å². The van der Waals surface area contributed by atoms with Crippen LogP contribution in [0.3, 0.4) is 0 Å². The molecule has 0 aromatic carbocycles. The van der Waals surface area contributed by atoms with Crippen LogP contribution < -0.4 is 0 Å². The molecule has 1 saturated heterocycles. The molecule has 1 saturated carbocycles. The van der Waals surface area contributed by atoms with Gasteiger partial charge in [-0.25, -0.2) is 9.97 Å². The van der Waals surface area contributed by atoms with E-state index >= 15 is 0 Å². The first-order valence-electron chi connectivity index (χ1n) is 10.9. The van der Waals surface area contributed by atoms with E-state index in [1.165, 1.54) is 35.5 Å². The molecule has 0 amide bonds. The van der Waals surface area contributed by atoms with Crippen LogP contribution in [-0.2, 0) is 4.79 Å². The maximum Gasteiger partial charge on any atom is 0.187 e. The fourth-order valence-electron chi connectivity index (χ4n) is 3.99. The predicted octanol–water partition coefficient (Wildman–Crippen LogP) is 5.88. The van der Waals surface area contributed by atoms with E-state index < -0.39 is 0 Å². The van der Waals surface area contributed by atoms with Gasteiger partial charge in [0, 0.05) is 41.5 Å². The van der Waals surface area contributed by atoms with Crippen LogP contribution in [-0.4, -0.2) is 40.3 Å². The van der Waals surface area contributed by atoms with Crippen molar-refractivity contribution in [2.24, 2.45) is 5.92 Å². The van der Waals surface area contributed by atoms with E-state index in [0.717, 1.165) is 56.5 Å². The highest BCUT2D eigenvalue weighted by molar-refractivity contribution is 7.13. The smallest absolute Gasteiger partial charge is 0.187 e. The van der Waals surface area contributed by atoms with Gasteiger partial charge < -0.3 is 8.83 Å². The minimum atomic E-state index is 0.0714. The largest absolute Gasteiger partial charge is 0.462 e. The van der Waals surface area contributed by atoms with E-state index in [9.17, 15) is 4.79 Å². The molecule has 6 nitrogen and oxygen atoms in total. The summed E-state index contributed by atoms with van der Waals surface area (Å²) in [7, 11) is 0. The number of hydrogen-bond acceptors (Lipinski definition) is 8. The quantitative estimate of drug-likeness (QED) is 0.324. The van der Waals surface area contributed by atoms with Crippen molar-refractivity contribution in [1.29, 1.82) is 0 Å². The highest BCUT2D eigenvalue weighted by atomic mass is 32.1. The lowest BCUT2D eigenvalue weighted by Gasteiger charge is -2.29. The van der Waals surface area contributed by atoms with Crippen LogP contribution in [0.15, 0.2) is 67.5 Å². The van der Waals surface area contributed by atoms with Gasteiger partial charge in [0.05, 0.1) is 23.9 Å². The number of Topliss-reactive ketones (excluding diaryl/α,β-unsaturated/α-hetero) is 1. The van der Waals surface area contributed by atoms with Gasteiger partial charge in [0.15, 0.2) is 27.3 Å². The lowest BCUT2D eigenvalue weighted by Crippen LogP contribution is -2.38. The van der Waals surface area contributed by atoms with Crippen molar-refractivity contribution in [2.75, 3.05) is 19.6 Å². The Labute approximate surface area is 198 Å². The van der Waals surface area contributed by atoms with Crippen molar-refractivity contribution in [2.45, 2.75) is 12.8 Å². The molecule has 0 atom stereocenters. The summed E-state index contributed by atoms with van der Waals surface area (Å²) < 4.78 is 10.9. The van der Waals surface area contributed by atoms with Crippen molar-refractivity contribution < 1.29 is 13.6 Å². The van der Waals surface area contributed by atoms with Crippen LogP contribution in [0.2, 0.25) is 0 Å². The van der Waals surface area contributed by atoms with E-state index in [2.05, 4.69) is 14.9 Å². The molecular formula is C25H21N3O3S2. The number of furan rings is 2. The van der Waals surface area contributed by atoms with Gasteiger partial charge in [-0.3, -0.25) is 9.69 Å². The molecule has 5 heterocycles. The molecule has 0 N–H and O–H groups in total. The molecule has 166 valence electrons. The van der Waals surface area contributed by atoms with Gasteiger partial charge in [0.2, 0.25) is 0 Å². The van der Waals surface area contributed by atoms with Crippen LogP contribution in [0.4, 0.5) is 0 Å².